The molecule has 1 amide bonds. The van der Waals surface area contributed by atoms with Crippen LogP contribution in [0.15, 0.2) is 24.3 Å². The van der Waals surface area contributed by atoms with Crippen molar-refractivity contribution in [2.45, 2.75) is 39.2 Å². The van der Waals surface area contributed by atoms with Crippen LogP contribution in [-0.2, 0) is 9.53 Å². The van der Waals surface area contributed by atoms with Gasteiger partial charge in [-0.05, 0) is 45.2 Å². The molecule has 0 N–H and O–H groups in total. The fourth-order valence-corrected chi connectivity index (χ4v) is 4.22. The maximum Gasteiger partial charge on any atom is 0.350 e. The van der Waals surface area contributed by atoms with E-state index in [1.165, 1.54) is 11.3 Å². The fraction of sp³-hybridized carbons (Fsp3) is 0.421. The number of hydrogen-bond donors (Lipinski definition) is 0. The van der Waals surface area contributed by atoms with E-state index in [2.05, 4.69) is 4.98 Å². The third-order valence-corrected chi connectivity index (χ3v) is 5.93. The molecule has 2 aromatic rings. The first kappa shape index (κ1) is 18.9. The van der Waals surface area contributed by atoms with E-state index in [9.17, 15) is 9.59 Å². The molecular formula is C19H21ClN2O3S. The van der Waals surface area contributed by atoms with Gasteiger partial charge in [-0.25, -0.2) is 9.78 Å². The summed E-state index contributed by atoms with van der Waals surface area (Å²) in [4.78, 5) is 31.4. The van der Waals surface area contributed by atoms with E-state index in [4.69, 9.17) is 16.3 Å². The number of piperidine rings is 1. The summed E-state index contributed by atoms with van der Waals surface area (Å²) in [5.41, 5.74) is 1.44. The Morgan fingerprint density at radius 2 is 2.19 bits per heavy atom. The van der Waals surface area contributed by atoms with E-state index < -0.39 is 5.97 Å². The number of carbonyl (C=O) groups is 2. The molecule has 0 radical (unpaired) electrons. The van der Waals surface area contributed by atoms with Gasteiger partial charge in [0.25, 0.3) is 5.91 Å². The monoisotopic (exact) mass is 392 g/mol. The third-order valence-electron chi connectivity index (χ3n) is 4.50. The van der Waals surface area contributed by atoms with Gasteiger partial charge in [0.1, 0.15) is 9.88 Å². The van der Waals surface area contributed by atoms with Crippen LogP contribution in [0.25, 0.3) is 10.6 Å². The Labute approximate surface area is 161 Å². The number of nitrogens with zero attached hydrogens (tertiary/aromatic N) is 2. The van der Waals surface area contributed by atoms with Crippen molar-refractivity contribution in [1.82, 2.24) is 9.88 Å². The van der Waals surface area contributed by atoms with Crippen molar-refractivity contribution in [2.24, 2.45) is 0 Å². The first-order chi connectivity index (χ1) is 12.5. The SMILES string of the molecule is Cc1nc(-c2cccc(Cl)c2)sc1C(=O)OCC(=O)N1CCCC[C@@H]1C. The maximum absolute atomic E-state index is 12.4. The number of hydrogen-bond acceptors (Lipinski definition) is 5. The van der Waals surface area contributed by atoms with Gasteiger partial charge in [0.05, 0.1) is 5.69 Å². The van der Waals surface area contributed by atoms with Crippen LogP contribution in [0.1, 0.15) is 41.6 Å². The minimum Gasteiger partial charge on any atom is -0.451 e. The van der Waals surface area contributed by atoms with Crippen LogP contribution in [0.5, 0.6) is 0 Å². The number of esters is 1. The van der Waals surface area contributed by atoms with Crippen molar-refractivity contribution in [3.05, 3.63) is 39.9 Å². The largest absolute Gasteiger partial charge is 0.451 e. The van der Waals surface area contributed by atoms with E-state index in [0.717, 1.165) is 31.4 Å². The second-order valence-corrected chi connectivity index (χ2v) is 7.89. The van der Waals surface area contributed by atoms with Gasteiger partial charge in [-0.2, -0.15) is 0 Å². The van der Waals surface area contributed by atoms with Crippen LogP contribution in [0.2, 0.25) is 5.02 Å². The molecule has 0 bridgehead atoms. The molecular weight excluding hydrogens is 372 g/mol. The lowest BCUT2D eigenvalue weighted by atomic mass is 10.0. The van der Waals surface area contributed by atoms with Gasteiger partial charge >= 0.3 is 5.97 Å². The number of rotatable bonds is 4. The lowest BCUT2D eigenvalue weighted by Gasteiger charge is -2.33. The molecule has 138 valence electrons. The highest BCUT2D eigenvalue weighted by Crippen LogP contribution is 2.30. The minimum atomic E-state index is -0.508. The van der Waals surface area contributed by atoms with Crippen molar-refractivity contribution in [3.63, 3.8) is 0 Å². The molecule has 26 heavy (non-hydrogen) atoms. The molecule has 1 saturated heterocycles. The van der Waals surface area contributed by atoms with Crippen LogP contribution in [-0.4, -0.2) is 41.0 Å². The van der Waals surface area contributed by atoms with Crippen molar-refractivity contribution in [1.29, 1.82) is 0 Å². The first-order valence-electron chi connectivity index (χ1n) is 8.65. The molecule has 1 aromatic carbocycles. The van der Waals surface area contributed by atoms with E-state index in [1.54, 1.807) is 24.0 Å². The zero-order chi connectivity index (χ0) is 18.7. The van der Waals surface area contributed by atoms with Crippen LogP contribution in [0.4, 0.5) is 0 Å². The van der Waals surface area contributed by atoms with Gasteiger partial charge in [-0.1, -0.05) is 23.7 Å². The van der Waals surface area contributed by atoms with E-state index in [1.807, 2.05) is 19.1 Å². The lowest BCUT2D eigenvalue weighted by molar-refractivity contribution is -0.137. The summed E-state index contributed by atoms with van der Waals surface area (Å²) in [6.07, 6.45) is 3.13. The highest BCUT2D eigenvalue weighted by Gasteiger charge is 2.25. The second kappa shape index (κ2) is 8.18. The predicted molar refractivity (Wildman–Crippen MR) is 103 cm³/mol. The van der Waals surface area contributed by atoms with Crippen molar-refractivity contribution in [2.75, 3.05) is 13.2 Å². The summed E-state index contributed by atoms with van der Waals surface area (Å²) in [6.45, 7) is 4.29. The number of thiazole rings is 1. The number of ether oxygens (including phenoxy) is 1. The Kier molecular flexibility index (Phi) is 5.94. The number of carbonyl (C=O) groups excluding carboxylic acids is 2. The summed E-state index contributed by atoms with van der Waals surface area (Å²) < 4.78 is 5.26. The normalized spacial score (nSPS) is 17.2. The molecule has 1 atom stereocenters. The molecule has 0 unspecified atom stereocenters. The molecule has 3 rings (SSSR count). The minimum absolute atomic E-state index is 0.136. The predicted octanol–water partition coefficient (Wildman–Crippen LogP) is 4.33. The van der Waals surface area contributed by atoms with Gasteiger partial charge in [0.15, 0.2) is 6.61 Å². The number of aryl methyl sites for hydroxylation is 1. The Morgan fingerprint density at radius 3 is 2.92 bits per heavy atom. The van der Waals surface area contributed by atoms with E-state index in [0.29, 0.717) is 20.6 Å². The Hall–Kier alpha value is -1.92. The quantitative estimate of drug-likeness (QED) is 0.726. The number of likely N-dealkylation sites (tertiary alicyclic amines) is 1. The van der Waals surface area contributed by atoms with Crippen LogP contribution < -0.4 is 0 Å². The second-order valence-electron chi connectivity index (χ2n) is 6.45. The molecule has 0 aliphatic carbocycles. The number of aromatic nitrogens is 1. The van der Waals surface area contributed by atoms with Crippen LogP contribution in [0.3, 0.4) is 0 Å². The van der Waals surface area contributed by atoms with E-state index >= 15 is 0 Å². The standard InChI is InChI=1S/C19H21ClN2O3S/c1-12-6-3-4-9-22(12)16(23)11-25-19(24)17-13(2)21-18(26-17)14-7-5-8-15(20)10-14/h5,7-8,10,12H,3-4,6,9,11H2,1-2H3/t12-/m0/s1. The Morgan fingerprint density at radius 1 is 1.38 bits per heavy atom. The van der Waals surface area contributed by atoms with Crippen molar-refractivity contribution < 1.29 is 14.3 Å². The van der Waals surface area contributed by atoms with Crippen LogP contribution >= 0.6 is 22.9 Å². The van der Waals surface area contributed by atoms with Gasteiger partial charge in [0, 0.05) is 23.2 Å². The zero-order valence-electron chi connectivity index (χ0n) is 14.8. The molecule has 1 fully saturated rings. The molecule has 2 heterocycles. The number of amides is 1. The van der Waals surface area contributed by atoms with Gasteiger partial charge in [-0.15, -0.1) is 11.3 Å². The average Bonchev–Trinajstić information content (AvgIpc) is 3.02. The van der Waals surface area contributed by atoms with Crippen LogP contribution in [0, 0.1) is 6.92 Å². The summed E-state index contributed by atoms with van der Waals surface area (Å²) in [6, 6.07) is 7.52. The molecule has 7 heteroatoms. The summed E-state index contributed by atoms with van der Waals surface area (Å²) in [7, 11) is 0. The smallest absolute Gasteiger partial charge is 0.350 e. The molecule has 1 aliphatic rings. The molecule has 1 aromatic heterocycles. The van der Waals surface area contributed by atoms with E-state index in [-0.39, 0.29) is 18.6 Å². The number of halogens is 1. The Balaban J connectivity index is 1.66. The highest BCUT2D eigenvalue weighted by molar-refractivity contribution is 7.17. The maximum atomic E-state index is 12.4. The first-order valence-corrected chi connectivity index (χ1v) is 9.85. The van der Waals surface area contributed by atoms with Gasteiger partial charge in [0.2, 0.25) is 0 Å². The molecule has 1 aliphatic heterocycles. The molecule has 0 spiro atoms. The summed E-state index contributed by atoms with van der Waals surface area (Å²) in [5.74, 6) is -0.644. The van der Waals surface area contributed by atoms with Gasteiger partial charge in [-0.3, -0.25) is 4.79 Å². The fourth-order valence-electron chi connectivity index (χ4n) is 3.08. The Bertz CT molecular complexity index is 821. The topological polar surface area (TPSA) is 59.5 Å². The van der Waals surface area contributed by atoms with Gasteiger partial charge < -0.3 is 9.64 Å². The highest BCUT2D eigenvalue weighted by atomic mass is 35.5. The average molecular weight is 393 g/mol. The van der Waals surface area contributed by atoms with Crippen molar-refractivity contribution >= 4 is 34.8 Å². The van der Waals surface area contributed by atoms with Crippen molar-refractivity contribution in [3.8, 4) is 10.6 Å². The summed E-state index contributed by atoms with van der Waals surface area (Å²) >= 11 is 7.27. The molecule has 0 saturated carbocycles. The zero-order valence-corrected chi connectivity index (χ0v) is 16.4. The number of benzene rings is 1. The lowest BCUT2D eigenvalue weighted by Crippen LogP contribution is -2.44. The third kappa shape index (κ3) is 4.24. The molecule has 5 nitrogen and oxygen atoms in total. The summed E-state index contributed by atoms with van der Waals surface area (Å²) in [5, 5.41) is 1.31.